The maximum Gasteiger partial charge on any atom is 0.150 e. The minimum Gasteiger partial charge on any atom is -0.492 e. The monoisotopic (exact) mass is 425 g/mol. The summed E-state index contributed by atoms with van der Waals surface area (Å²) in [6.45, 7) is 4.16. The molecule has 2 aliphatic rings. The lowest BCUT2D eigenvalue weighted by Gasteiger charge is -2.35. The normalized spacial score (nSPS) is 20.6. The van der Waals surface area contributed by atoms with Gasteiger partial charge in [-0.25, -0.2) is 0 Å². The first-order valence-electron chi connectivity index (χ1n) is 11.9. The highest BCUT2D eigenvalue weighted by Gasteiger charge is 2.32. The number of rotatable bonds is 7. The van der Waals surface area contributed by atoms with Gasteiger partial charge in [-0.05, 0) is 85.1 Å². The van der Waals surface area contributed by atoms with Gasteiger partial charge < -0.3 is 4.74 Å². The van der Waals surface area contributed by atoms with Crippen LogP contribution in [0.1, 0.15) is 63.7 Å². The largest absolute Gasteiger partial charge is 0.492 e. The van der Waals surface area contributed by atoms with E-state index in [0.29, 0.717) is 5.92 Å². The second-order valence-electron chi connectivity index (χ2n) is 9.08. The molecule has 1 fully saturated rings. The van der Waals surface area contributed by atoms with E-state index in [0.717, 1.165) is 43.6 Å². The zero-order valence-corrected chi connectivity index (χ0v) is 18.6. The summed E-state index contributed by atoms with van der Waals surface area (Å²) in [5.74, 6) is 1.64. The minimum absolute atomic E-state index is 0.278. The average molecular weight is 426 g/mol. The first kappa shape index (κ1) is 21.0. The lowest BCUT2D eigenvalue weighted by atomic mass is 9.69. The van der Waals surface area contributed by atoms with Crippen molar-refractivity contribution in [1.29, 1.82) is 0 Å². The van der Waals surface area contributed by atoms with Crippen molar-refractivity contribution in [3.05, 3.63) is 101 Å². The molecule has 3 aromatic carbocycles. The van der Waals surface area contributed by atoms with Crippen LogP contribution in [-0.4, -0.2) is 37.4 Å². The van der Waals surface area contributed by atoms with Crippen LogP contribution in [0, 0.1) is 0 Å². The van der Waals surface area contributed by atoms with E-state index >= 15 is 0 Å². The summed E-state index contributed by atoms with van der Waals surface area (Å²) in [7, 11) is 0. The summed E-state index contributed by atoms with van der Waals surface area (Å²) >= 11 is 0. The number of hydrogen-bond donors (Lipinski definition) is 0. The van der Waals surface area contributed by atoms with Crippen LogP contribution in [0.4, 0.5) is 0 Å². The number of ether oxygens (including phenoxy) is 1. The maximum absolute atomic E-state index is 11.3. The second-order valence-corrected chi connectivity index (χ2v) is 9.08. The molecular formula is C29H31NO2. The van der Waals surface area contributed by atoms with E-state index in [2.05, 4.69) is 71.6 Å². The Balaban J connectivity index is 1.40. The Hall–Kier alpha value is -2.91. The Kier molecular flexibility index (Phi) is 6.36. The van der Waals surface area contributed by atoms with Crippen LogP contribution in [0.5, 0.6) is 5.75 Å². The smallest absolute Gasteiger partial charge is 0.150 e. The quantitative estimate of drug-likeness (QED) is 0.446. The first-order chi connectivity index (χ1) is 15.8. The van der Waals surface area contributed by atoms with Gasteiger partial charge in [0, 0.05) is 18.0 Å². The molecule has 3 aromatic rings. The van der Waals surface area contributed by atoms with Gasteiger partial charge in [0.15, 0.2) is 0 Å². The number of carbonyl (C=O) groups is 1. The summed E-state index contributed by atoms with van der Waals surface area (Å²) in [6.07, 6.45) is 5.67. The third-order valence-electron chi connectivity index (χ3n) is 7.11. The van der Waals surface area contributed by atoms with Crippen LogP contribution >= 0.6 is 0 Å². The van der Waals surface area contributed by atoms with Crippen LogP contribution in [0.2, 0.25) is 0 Å². The topological polar surface area (TPSA) is 29.5 Å². The lowest BCUT2D eigenvalue weighted by molar-refractivity contribution is 0.112. The SMILES string of the molecule is O=Cc1ccc2c(c1)CC[C@H](c1ccccc1)[C@@H]2c1ccc(OCCN2CCCC2)cc1. The van der Waals surface area contributed by atoms with E-state index in [-0.39, 0.29) is 5.92 Å². The van der Waals surface area contributed by atoms with Gasteiger partial charge in [0.1, 0.15) is 18.6 Å². The molecule has 3 nitrogen and oxygen atoms in total. The van der Waals surface area contributed by atoms with Gasteiger partial charge in [-0.15, -0.1) is 0 Å². The molecule has 32 heavy (non-hydrogen) atoms. The highest BCUT2D eigenvalue weighted by molar-refractivity contribution is 5.75. The molecule has 1 aliphatic heterocycles. The van der Waals surface area contributed by atoms with Crippen molar-refractivity contribution < 1.29 is 9.53 Å². The third kappa shape index (κ3) is 4.49. The summed E-state index contributed by atoms with van der Waals surface area (Å²) in [5, 5.41) is 0. The maximum atomic E-state index is 11.3. The Bertz CT molecular complexity index is 1040. The van der Waals surface area contributed by atoms with E-state index in [4.69, 9.17) is 4.74 Å². The number of aryl methyl sites for hydroxylation is 1. The molecule has 2 atom stereocenters. The van der Waals surface area contributed by atoms with Crippen LogP contribution in [0.25, 0.3) is 0 Å². The van der Waals surface area contributed by atoms with Gasteiger partial charge in [-0.1, -0.05) is 54.6 Å². The predicted octanol–water partition coefficient (Wildman–Crippen LogP) is 5.84. The average Bonchev–Trinajstić information content (AvgIpc) is 3.37. The molecule has 1 saturated heterocycles. The fourth-order valence-electron chi connectivity index (χ4n) is 5.45. The predicted molar refractivity (Wildman–Crippen MR) is 129 cm³/mol. The summed E-state index contributed by atoms with van der Waals surface area (Å²) in [4.78, 5) is 13.8. The first-order valence-corrected chi connectivity index (χ1v) is 11.9. The van der Waals surface area contributed by atoms with E-state index in [1.807, 2.05) is 6.07 Å². The van der Waals surface area contributed by atoms with Gasteiger partial charge >= 0.3 is 0 Å². The number of nitrogens with zero attached hydrogens (tertiary/aromatic N) is 1. The molecule has 0 radical (unpaired) electrons. The zero-order valence-electron chi connectivity index (χ0n) is 18.6. The van der Waals surface area contributed by atoms with Crippen molar-refractivity contribution in [1.82, 2.24) is 4.90 Å². The molecule has 164 valence electrons. The van der Waals surface area contributed by atoms with E-state index < -0.39 is 0 Å². The van der Waals surface area contributed by atoms with Gasteiger partial charge in [-0.2, -0.15) is 0 Å². The molecule has 3 heteroatoms. The molecule has 0 bridgehead atoms. The minimum atomic E-state index is 0.278. The number of carbonyl (C=O) groups excluding carboxylic acids is 1. The highest BCUT2D eigenvalue weighted by atomic mass is 16.5. The fourth-order valence-corrected chi connectivity index (χ4v) is 5.45. The Morgan fingerprint density at radius 1 is 0.906 bits per heavy atom. The third-order valence-corrected chi connectivity index (χ3v) is 7.11. The van der Waals surface area contributed by atoms with E-state index in [1.54, 1.807) is 0 Å². The molecule has 1 heterocycles. The molecular weight excluding hydrogens is 394 g/mol. The van der Waals surface area contributed by atoms with E-state index in [1.165, 1.54) is 48.2 Å². The molecule has 0 spiro atoms. The van der Waals surface area contributed by atoms with Gasteiger partial charge in [0.2, 0.25) is 0 Å². The van der Waals surface area contributed by atoms with Crippen LogP contribution in [0.15, 0.2) is 72.8 Å². The van der Waals surface area contributed by atoms with E-state index in [9.17, 15) is 4.79 Å². The Morgan fingerprint density at radius 2 is 1.69 bits per heavy atom. The van der Waals surface area contributed by atoms with Gasteiger partial charge in [0.25, 0.3) is 0 Å². The van der Waals surface area contributed by atoms with Crippen molar-refractivity contribution in [2.45, 2.75) is 37.5 Å². The van der Waals surface area contributed by atoms with Gasteiger partial charge in [-0.3, -0.25) is 9.69 Å². The van der Waals surface area contributed by atoms with Gasteiger partial charge in [0.05, 0.1) is 0 Å². The molecule has 0 N–H and O–H groups in total. The van der Waals surface area contributed by atoms with Crippen molar-refractivity contribution >= 4 is 6.29 Å². The molecule has 0 saturated carbocycles. The fraction of sp³-hybridized carbons (Fsp3) is 0.345. The second kappa shape index (κ2) is 9.70. The van der Waals surface area contributed by atoms with Crippen LogP contribution in [-0.2, 0) is 6.42 Å². The van der Waals surface area contributed by atoms with Crippen LogP contribution < -0.4 is 4.74 Å². The highest BCUT2D eigenvalue weighted by Crippen LogP contribution is 2.46. The summed E-state index contributed by atoms with van der Waals surface area (Å²) < 4.78 is 6.04. The summed E-state index contributed by atoms with van der Waals surface area (Å²) in [5.41, 5.74) is 6.11. The lowest BCUT2D eigenvalue weighted by Crippen LogP contribution is -2.25. The molecule has 1 aliphatic carbocycles. The van der Waals surface area contributed by atoms with Crippen LogP contribution in [0.3, 0.4) is 0 Å². The molecule has 0 aromatic heterocycles. The molecule has 5 rings (SSSR count). The van der Waals surface area contributed by atoms with Crippen molar-refractivity contribution in [2.24, 2.45) is 0 Å². The van der Waals surface area contributed by atoms with Crippen molar-refractivity contribution in [3.8, 4) is 5.75 Å². The van der Waals surface area contributed by atoms with Crippen molar-refractivity contribution in [3.63, 3.8) is 0 Å². The number of likely N-dealkylation sites (tertiary alicyclic amines) is 1. The molecule has 0 amide bonds. The Morgan fingerprint density at radius 3 is 2.44 bits per heavy atom. The zero-order chi connectivity index (χ0) is 21.8. The molecule has 0 unspecified atom stereocenters. The standard InChI is InChI=1S/C29H31NO2/c31-21-22-8-14-28-25(20-22)11-15-27(23-6-2-1-3-7-23)29(28)24-9-12-26(13-10-24)32-19-18-30-16-4-5-17-30/h1-3,6-10,12-14,20-21,27,29H,4-5,11,15-19H2/t27-,29+/m1/s1. The van der Waals surface area contributed by atoms with Crippen molar-refractivity contribution in [2.75, 3.05) is 26.2 Å². The number of hydrogen-bond acceptors (Lipinski definition) is 3. The number of fused-ring (bicyclic) bond motifs is 1. The summed E-state index contributed by atoms with van der Waals surface area (Å²) in [6, 6.07) is 25.8. The number of benzene rings is 3. The Labute approximate surface area is 191 Å². The number of aldehydes is 1.